The van der Waals surface area contributed by atoms with Crippen LogP contribution in [0.1, 0.15) is 19.4 Å². The van der Waals surface area contributed by atoms with E-state index in [9.17, 15) is 5.21 Å². The molecule has 0 aliphatic heterocycles. The lowest BCUT2D eigenvalue weighted by atomic mass is 10.1. The molecule has 1 rings (SSSR count). The van der Waals surface area contributed by atoms with E-state index in [4.69, 9.17) is 4.74 Å². The van der Waals surface area contributed by atoms with Crippen LogP contribution in [0.15, 0.2) is 18.3 Å². The summed E-state index contributed by atoms with van der Waals surface area (Å²) in [5.74, 6) is 0.904. The van der Waals surface area contributed by atoms with Crippen molar-refractivity contribution in [2.75, 3.05) is 7.11 Å². The van der Waals surface area contributed by atoms with Crippen molar-refractivity contribution in [1.29, 1.82) is 0 Å². The first-order valence-electron chi connectivity index (χ1n) is 4.39. The maximum Gasteiger partial charge on any atom is 0.379 e. The molecule has 1 heterocycles. The van der Waals surface area contributed by atoms with Crippen molar-refractivity contribution in [3.63, 3.8) is 0 Å². The zero-order chi connectivity index (χ0) is 9.84. The first-order chi connectivity index (χ1) is 6.13. The third-order valence-corrected chi connectivity index (χ3v) is 1.79. The largest absolute Gasteiger partial charge is 0.616 e. The third-order valence-electron chi connectivity index (χ3n) is 1.79. The molecule has 0 fully saturated rings. The Morgan fingerprint density at radius 3 is 2.62 bits per heavy atom. The fourth-order valence-electron chi connectivity index (χ4n) is 1.26. The molecule has 1 aromatic rings. The van der Waals surface area contributed by atoms with Gasteiger partial charge in [-0.25, -0.2) is 0 Å². The zero-order valence-electron chi connectivity index (χ0n) is 8.28. The average Bonchev–Trinajstić information content (AvgIpc) is 2.03. The fourth-order valence-corrected chi connectivity index (χ4v) is 1.26. The Balaban J connectivity index is 2.83. The lowest BCUT2D eigenvalue weighted by Crippen LogP contribution is -2.28. The van der Waals surface area contributed by atoms with Crippen LogP contribution in [0.2, 0.25) is 0 Å². The van der Waals surface area contributed by atoms with Crippen molar-refractivity contribution >= 4 is 0 Å². The van der Waals surface area contributed by atoms with Crippen LogP contribution in [0.5, 0.6) is 5.88 Å². The minimum Gasteiger partial charge on any atom is -0.616 e. The number of aromatic nitrogens is 1. The van der Waals surface area contributed by atoms with Crippen LogP contribution in [0.25, 0.3) is 0 Å². The number of pyridine rings is 1. The molecule has 0 radical (unpaired) electrons. The molecule has 0 saturated carbocycles. The lowest BCUT2D eigenvalue weighted by molar-refractivity contribution is -0.612. The van der Waals surface area contributed by atoms with E-state index in [-0.39, 0.29) is 0 Å². The summed E-state index contributed by atoms with van der Waals surface area (Å²) in [6.45, 7) is 4.25. The molecule has 3 nitrogen and oxygen atoms in total. The number of ether oxygens (including phenoxy) is 1. The molecular weight excluding hydrogens is 166 g/mol. The predicted octanol–water partition coefficient (Wildman–Crippen LogP) is 1.53. The summed E-state index contributed by atoms with van der Waals surface area (Å²) in [4.78, 5) is 0. The highest BCUT2D eigenvalue weighted by atomic mass is 16.5. The summed E-state index contributed by atoms with van der Waals surface area (Å²) in [5.41, 5.74) is 1.05. The van der Waals surface area contributed by atoms with Gasteiger partial charge in [0.05, 0.1) is 13.2 Å². The van der Waals surface area contributed by atoms with Crippen molar-refractivity contribution in [2.45, 2.75) is 20.3 Å². The van der Waals surface area contributed by atoms with Crippen molar-refractivity contribution in [2.24, 2.45) is 5.92 Å². The fraction of sp³-hybridized carbons (Fsp3) is 0.500. The Kier molecular flexibility index (Phi) is 3.12. The molecule has 0 N–H and O–H groups in total. The van der Waals surface area contributed by atoms with Gasteiger partial charge in [-0.1, -0.05) is 13.8 Å². The number of rotatable bonds is 3. The van der Waals surface area contributed by atoms with Crippen LogP contribution in [0.4, 0.5) is 0 Å². The summed E-state index contributed by atoms with van der Waals surface area (Å²) in [6, 6.07) is 3.62. The predicted molar refractivity (Wildman–Crippen MR) is 50.5 cm³/mol. The first kappa shape index (κ1) is 9.84. The molecule has 0 amide bonds. The van der Waals surface area contributed by atoms with Crippen LogP contribution < -0.4 is 9.47 Å². The molecule has 0 atom stereocenters. The number of methoxy groups -OCH3 is 1. The SMILES string of the molecule is COc1ccc(CC(C)C)c[n+]1[O-]. The maximum atomic E-state index is 11.2. The molecule has 0 saturated heterocycles. The normalized spacial score (nSPS) is 10.5. The number of nitrogens with zero attached hydrogens (tertiary/aromatic N) is 1. The highest BCUT2D eigenvalue weighted by Crippen LogP contribution is 2.09. The van der Waals surface area contributed by atoms with Gasteiger partial charge in [-0.05, 0) is 18.4 Å². The van der Waals surface area contributed by atoms with Crippen LogP contribution in [-0.4, -0.2) is 7.11 Å². The minimum absolute atomic E-state index is 0.340. The van der Waals surface area contributed by atoms with Gasteiger partial charge in [0, 0.05) is 5.56 Å². The van der Waals surface area contributed by atoms with Crippen molar-refractivity contribution in [3.05, 3.63) is 29.1 Å². The second kappa shape index (κ2) is 4.12. The van der Waals surface area contributed by atoms with Gasteiger partial charge in [0.2, 0.25) is 0 Å². The molecular formula is C10H15NO2. The van der Waals surface area contributed by atoms with E-state index in [1.54, 1.807) is 12.3 Å². The summed E-state index contributed by atoms with van der Waals surface area (Å²) >= 11 is 0. The van der Waals surface area contributed by atoms with Crippen molar-refractivity contribution in [3.8, 4) is 5.88 Å². The van der Waals surface area contributed by atoms with E-state index in [2.05, 4.69) is 13.8 Å². The number of hydrogen-bond acceptors (Lipinski definition) is 2. The monoisotopic (exact) mass is 181 g/mol. The van der Waals surface area contributed by atoms with E-state index < -0.39 is 0 Å². The van der Waals surface area contributed by atoms with Gasteiger partial charge in [0.1, 0.15) is 0 Å². The minimum atomic E-state index is 0.340. The van der Waals surface area contributed by atoms with E-state index in [1.807, 2.05) is 6.07 Å². The second-order valence-corrected chi connectivity index (χ2v) is 3.50. The summed E-state index contributed by atoms with van der Waals surface area (Å²) in [7, 11) is 1.49. The van der Waals surface area contributed by atoms with E-state index in [1.165, 1.54) is 7.11 Å². The van der Waals surface area contributed by atoms with Crippen molar-refractivity contribution in [1.82, 2.24) is 0 Å². The quantitative estimate of drug-likeness (QED) is 0.523. The smallest absolute Gasteiger partial charge is 0.379 e. The summed E-state index contributed by atoms with van der Waals surface area (Å²) in [5, 5.41) is 11.2. The van der Waals surface area contributed by atoms with Gasteiger partial charge in [-0.2, -0.15) is 0 Å². The van der Waals surface area contributed by atoms with E-state index in [0.717, 1.165) is 16.7 Å². The molecule has 0 bridgehead atoms. The molecule has 0 aromatic carbocycles. The second-order valence-electron chi connectivity index (χ2n) is 3.50. The van der Waals surface area contributed by atoms with Gasteiger partial charge < -0.3 is 9.94 Å². The lowest BCUT2D eigenvalue weighted by Gasteiger charge is -2.06. The molecule has 0 unspecified atom stereocenters. The van der Waals surface area contributed by atoms with Crippen LogP contribution in [-0.2, 0) is 6.42 Å². The molecule has 3 heteroatoms. The highest BCUT2D eigenvalue weighted by Gasteiger charge is 2.06. The van der Waals surface area contributed by atoms with Gasteiger partial charge in [-0.3, -0.25) is 0 Å². The Labute approximate surface area is 78.5 Å². The van der Waals surface area contributed by atoms with Gasteiger partial charge in [0.25, 0.3) is 0 Å². The summed E-state index contributed by atoms with van der Waals surface area (Å²) < 4.78 is 5.62. The first-order valence-corrected chi connectivity index (χ1v) is 4.39. The highest BCUT2D eigenvalue weighted by molar-refractivity contribution is 5.13. The summed E-state index contributed by atoms with van der Waals surface area (Å²) in [6.07, 6.45) is 2.49. The van der Waals surface area contributed by atoms with Gasteiger partial charge in [0.15, 0.2) is 6.20 Å². The zero-order valence-corrected chi connectivity index (χ0v) is 8.28. The Morgan fingerprint density at radius 1 is 1.46 bits per heavy atom. The Bertz CT molecular complexity index is 284. The van der Waals surface area contributed by atoms with E-state index in [0.29, 0.717) is 11.8 Å². The third kappa shape index (κ3) is 2.61. The molecule has 72 valence electrons. The standard InChI is InChI=1S/C10H15NO2/c1-8(2)6-9-4-5-10(13-3)11(12)7-9/h4-5,7-8H,6H2,1-3H3. The molecule has 1 aromatic heterocycles. The molecule has 0 spiro atoms. The average molecular weight is 181 g/mol. The number of hydrogen-bond donors (Lipinski definition) is 0. The topological polar surface area (TPSA) is 36.2 Å². The van der Waals surface area contributed by atoms with Crippen LogP contribution in [0.3, 0.4) is 0 Å². The van der Waals surface area contributed by atoms with Crippen LogP contribution in [0, 0.1) is 11.1 Å². The van der Waals surface area contributed by atoms with Crippen LogP contribution >= 0.6 is 0 Å². The Morgan fingerprint density at radius 2 is 2.15 bits per heavy atom. The molecule has 0 aliphatic rings. The van der Waals surface area contributed by atoms with Gasteiger partial charge >= 0.3 is 5.88 Å². The maximum absolute atomic E-state index is 11.2. The Hall–Kier alpha value is -1.25. The van der Waals surface area contributed by atoms with Crippen molar-refractivity contribution < 1.29 is 9.47 Å². The molecule has 0 aliphatic carbocycles. The van der Waals surface area contributed by atoms with Gasteiger partial charge in [-0.15, -0.1) is 4.73 Å². The molecule has 13 heavy (non-hydrogen) atoms. The van der Waals surface area contributed by atoms with E-state index >= 15 is 0 Å².